The number of nitrogens with two attached hydrogens (primary N) is 1. The van der Waals surface area contributed by atoms with E-state index in [4.69, 9.17) is 27.4 Å². The van der Waals surface area contributed by atoms with Crippen LogP contribution >= 0.6 is 12.2 Å². The number of para-hydroxylation sites is 1. The Balaban J connectivity index is 1.89. The van der Waals surface area contributed by atoms with Gasteiger partial charge in [0.25, 0.3) is 5.91 Å². The lowest BCUT2D eigenvalue weighted by Crippen LogP contribution is -2.30. The molecule has 0 radical (unpaired) electrons. The van der Waals surface area contributed by atoms with E-state index in [2.05, 4.69) is 5.32 Å². The summed E-state index contributed by atoms with van der Waals surface area (Å²) in [5.41, 5.74) is 6.90. The fraction of sp³-hybridized carbons (Fsp3) is 0.467. The maximum Gasteiger partial charge on any atom is 0.253 e. The molecular formula is C15H20N2O3S. The second kappa shape index (κ2) is 7.49. The average molecular weight is 308 g/mol. The summed E-state index contributed by atoms with van der Waals surface area (Å²) in [5.74, 6) is 0.168. The largest absolute Gasteiger partial charge is 0.389 e. The van der Waals surface area contributed by atoms with Crippen molar-refractivity contribution in [3.05, 3.63) is 29.8 Å². The molecule has 2 atom stereocenters. The molecule has 1 aromatic carbocycles. The van der Waals surface area contributed by atoms with Crippen LogP contribution in [0.15, 0.2) is 24.3 Å². The summed E-state index contributed by atoms with van der Waals surface area (Å²) in [5, 5.41) is 2.80. The van der Waals surface area contributed by atoms with Crippen molar-refractivity contribution < 1.29 is 14.3 Å². The van der Waals surface area contributed by atoms with Gasteiger partial charge in [-0.3, -0.25) is 4.79 Å². The van der Waals surface area contributed by atoms with Gasteiger partial charge in [-0.05, 0) is 25.5 Å². The monoisotopic (exact) mass is 308 g/mol. The minimum Gasteiger partial charge on any atom is -0.389 e. The topological polar surface area (TPSA) is 73.6 Å². The number of thiocarbonyl (C=S) groups is 1. The molecule has 21 heavy (non-hydrogen) atoms. The first-order valence-corrected chi connectivity index (χ1v) is 7.38. The minimum absolute atomic E-state index is 0.211. The number of nitrogens with one attached hydrogen (secondary N) is 1. The van der Waals surface area contributed by atoms with Crippen molar-refractivity contribution in [3.8, 4) is 0 Å². The van der Waals surface area contributed by atoms with E-state index in [1.807, 2.05) is 12.1 Å². The molecule has 1 aliphatic rings. The van der Waals surface area contributed by atoms with Crippen molar-refractivity contribution in [2.24, 2.45) is 11.7 Å². The van der Waals surface area contributed by atoms with Gasteiger partial charge >= 0.3 is 0 Å². The smallest absolute Gasteiger partial charge is 0.253 e. The van der Waals surface area contributed by atoms with Crippen LogP contribution in [0.4, 0.5) is 5.69 Å². The Hall–Kier alpha value is -1.50. The Kier molecular flexibility index (Phi) is 5.67. The predicted molar refractivity (Wildman–Crippen MR) is 85.3 cm³/mol. The molecule has 2 rings (SSSR count). The van der Waals surface area contributed by atoms with E-state index in [0.717, 1.165) is 13.0 Å². The van der Waals surface area contributed by atoms with Gasteiger partial charge in [-0.2, -0.15) is 0 Å². The van der Waals surface area contributed by atoms with E-state index < -0.39 is 6.10 Å². The van der Waals surface area contributed by atoms with Crippen molar-refractivity contribution in [3.63, 3.8) is 0 Å². The third-order valence-corrected chi connectivity index (χ3v) is 3.65. The van der Waals surface area contributed by atoms with Gasteiger partial charge in [-0.1, -0.05) is 24.4 Å². The van der Waals surface area contributed by atoms with Crippen LogP contribution in [0.25, 0.3) is 0 Å². The predicted octanol–water partition coefficient (Wildman–Crippen LogP) is 1.70. The van der Waals surface area contributed by atoms with Gasteiger partial charge in [-0.15, -0.1) is 0 Å². The number of carbonyl (C=O) groups is 1. The molecule has 1 saturated heterocycles. The number of anilines is 1. The van der Waals surface area contributed by atoms with Crippen LogP contribution in [-0.2, 0) is 14.3 Å². The number of ether oxygens (including phenoxy) is 2. The number of carbonyl (C=O) groups excluding carboxylic acids is 1. The summed E-state index contributed by atoms with van der Waals surface area (Å²) in [6, 6.07) is 7.19. The van der Waals surface area contributed by atoms with Gasteiger partial charge in [0.2, 0.25) is 0 Å². The lowest BCUT2D eigenvalue weighted by atomic mass is 10.1. The number of rotatable bonds is 6. The lowest BCUT2D eigenvalue weighted by Gasteiger charge is -2.16. The zero-order valence-electron chi connectivity index (χ0n) is 12.0. The molecule has 1 amide bonds. The van der Waals surface area contributed by atoms with Crippen molar-refractivity contribution >= 4 is 28.8 Å². The highest BCUT2D eigenvalue weighted by molar-refractivity contribution is 7.80. The summed E-state index contributed by atoms with van der Waals surface area (Å²) in [7, 11) is 0. The molecule has 0 aromatic heterocycles. The molecule has 0 bridgehead atoms. The fourth-order valence-electron chi connectivity index (χ4n) is 2.11. The third-order valence-electron chi connectivity index (χ3n) is 3.43. The number of benzene rings is 1. The van der Waals surface area contributed by atoms with E-state index in [-0.39, 0.29) is 10.9 Å². The second-order valence-corrected chi connectivity index (χ2v) is 5.54. The van der Waals surface area contributed by atoms with Gasteiger partial charge < -0.3 is 20.5 Å². The molecular weight excluding hydrogens is 288 g/mol. The third kappa shape index (κ3) is 4.49. The van der Waals surface area contributed by atoms with Crippen molar-refractivity contribution in [2.75, 3.05) is 25.1 Å². The van der Waals surface area contributed by atoms with Crippen molar-refractivity contribution in [1.82, 2.24) is 0 Å². The summed E-state index contributed by atoms with van der Waals surface area (Å²) in [6.07, 6.45) is 0.448. The lowest BCUT2D eigenvalue weighted by molar-refractivity contribution is -0.127. The Labute approximate surface area is 129 Å². The number of hydrogen-bond donors (Lipinski definition) is 2. The van der Waals surface area contributed by atoms with Crippen LogP contribution in [0, 0.1) is 5.92 Å². The summed E-state index contributed by atoms with van der Waals surface area (Å²) < 4.78 is 10.9. The molecule has 1 aromatic rings. The molecule has 1 aliphatic heterocycles. The number of amides is 1. The number of hydrogen-bond acceptors (Lipinski definition) is 4. The normalized spacial score (nSPS) is 19.2. The van der Waals surface area contributed by atoms with Crippen LogP contribution in [0.1, 0.15) is 18.9 Å². The SMILES string of the molecule is CC(OCC1CCOC1)C(=O)Nc1ccccc1C(N)=S. The van der Waals surface area contributed by atoms with E-state index >= 15 is 0 Å². The first-order valence-electron chi connectivity index (χ1n) is 6.97. The summed E-state index contributed by atoms with van der Waals surface area (Å²) >= 11 is 4.97. The first-order chi connectivity index (χ1) is 10.1. The van der Waals surface area contributed by atoms with Crippen LogP contribution in [0.5, 0.6) is 0 Å². The molecule has 5 nitrogen and oxygen atoms in total. The minimum atomic E-state index is -0.537. The molecule has 0 aliphatic carbocycles. The van der Waals surface area contributed by atoms with Crippen molar-refractivity contribution in [1.29, 1.82) is 0 Å². The van der Waals surface area contributed by atoms with Crippen LogP contribution in [-0.4, -0.2) is 36.8 Å². The maximum atomic E-state index is 12.1. The van der Waals surface area contributed by atoms with Gasteiger partial charge in [0.15, 0.2) is 0 Å². The molecule has 6 heteroatoms. The Morgan fingerprint density at radius 1 is 1.57 bits per heavy atom. The Bertz CT molecular complexity index is 515. The van der Waals surface area contributed by atoms with E-state index in [1.165, 1.54) is 0 Å². The highest BCUT2D eigenvalue weighted by atomic mass is 32.1. The Morgan fingerprint density at radius 3 is 3.00 bits per heavy atom. The molecule has 114 valence electrons. The molecule has 2 unspecified atom stereocenters. The van der Waals surface area contributed by atoms with Crippen LogP contribution in [0.2, 0.25) is 0 Å². The zero-order chi connectivity index (χ0) is 15.2. The molecule has 0 saturated carbocycles. The fourth-order valence-corrected chi connectivity index (χ4v) is 2.29. The molecule has 1 fully saturated rings. The van der Waals surface area contributed by atoms with Crippen LogP contribution in [0.3, 0.4) is 0 Å². The second-order valence-electron chi connectivity index (χ2n) is 5.10. The van der Waals surface area contributed by atoms with E-state index in [9.17, 15) is 4.79 Å². The van der Waals surface area contributed by atoms with Crippen molar-refractivity contribution in [2.45, 2.75) is 19.4 Å². The zero-order valence-corrected chi connectivity index (χ0v) is 12.8. The maximum absolute atomic E-state index is 12.1. The molecule has 1 heterocycles. The van der Waals surface area contributed by atoms with Gasteiger partial charge in [0, 0.05) is 18.1 Å². The van der Waals surface area contributed by atoms with E-state index in [1.54, 1.807) is 19.1 Å². The average Bonchev–Trinajstić information content (AvgIpc) is 2.98. The quantitative estimate of drug-likeness (QED) is 0.783. The standard InChI is InChI=1S/C15H20N2O3S/c1-10(20-9-11-6-7-19-8-11)15(18)17-13-5-3-2-4-12(13)14(16)21/h2-5,10-11H,6-9H2,1H3,(H2,16,21)(H,17,18). The molecule has 3 N–H and O–H groups in total. The summed E-state index contributed by atoms with van der Waals surface area (Å²) in [6.45, 7) is 3.74. The Morgan fingerprint density at radius 2 is 2.33 bits per heavy atom. The van der Waals surface area contributed by atoms with Gasteiger partial charge in [-0.25, -0.2) is 0 Å². The van der Waals surface area contributed by atoms with E-state index in [0.29, 0.717) is 30.4 Å². The molecule has 0 spiro atoms. The first kappa shape index (κ1) is 15.9. The van der Waals surface area contributed by atoms with Crippen LogP contribution < -0.4 is 11.1 Å². The van der Waals surface area contributed by atoms with Gasteiger partial charge in [0.05, 0.1) is 18.9 Å². The highest BCUT2D eigenvalue weighted by Crippen LogP contribution is 2.16. The van der Waals surface area contributed by atoms with Gasteiger partial charge in [0.1, 0.15) is 11.1 Å². The summed E-state index contributed by atoms with van der Waals surface area (Å²) in [4.78, 5) is 12.4. The highest BCUT2D eigenvalue weighted by Gasteiger charge is 2.20.